The van der Waals surface area contributed by atoms with E-state index in [4.69, 9.17) is 16.2 Å². The largest absolute Gasteiger partial charge is 0.382 e. The minimum absolute atomic E-state index is 0.0214. The molecule has 0 saturated carbocycles. The number of primary amides is 1. The van der Waals surface area contributed by atoms with E-state index in [0.717, 1.165) is 0 Å². The first-order valence-electron chi connectivity index (χ1n) is 9.70. The van der Waals surface area contributed by atoms with Crippen molar-refractivity contribution in [3.05, 3.63) is 0 Å². The van der Waals surface area contributed by atoms with Gasteiger partial charge in [0, 0.05) is 26.4 Å². The summed E-state index contributed by atoms with van der Waals surface area (Å²) in [7, 11) is 1.41. The van der Waals surface area contributed by atoms with Crippen LogP contribution in [0.25, 0.3) is 0 Å². The van der Waals surface area contributed by atoms with Crippen LogP contribution in [0.4, 0.5) is 0 Å². The number of hydrogen-bond donors (Lipinski definition) is 4. The van der Waals surface area contributed by atoms with Crippen LogP contribution in [0.15, 0.2) is 0 Å². The summed E-state index contributed by atoms with van der Waals surface area (Å²) in [6.07, 6.45) is 2.22. The van der Waals surface area contributed by atoms with Gasteiger partial charge in [-0.25, -0.2) is 0 Å². The van der Waals surface area contributed by atoms with Crippen LogP contribution >= 0.6 is 0 Å². The molecule has 0 bridgehead atoms. The van der Waals surface area contributed by atoms with Crippen LogP contribution in [0.2, 0.25) is 0 Å². The summed E-state index contributed by atoms with van der Waals surface area (Å²) in [6.45, 7) is 5.65. The van der Waals surface area contributed by atoms with Gasteiger partial charge >= 0.3 is 0 Å². The second kappa shape index (κ2) is 14.1. The maximum atomic E-state index is 12.8. The molecular formula is C19H36N4O5. The lowest BCUT2D eigenvalue weighted by Crippen LogP contribution is -2.53. The number of nitrogens with one attached hydrogen (secondary N) is 2. The molecule has 162 valence electrons. The fourth-order valence-corrected chi connectivity index (χ4v) is 2.93. The number of nitrogens with two attached hydrogens (primary N) is 2. The van der Waals surface area contributed by atoms with Crippen molar-refractivity contribution in [3.8, 4) is 0 Å². The molecule has 0 aromatic carbocycles. The van der Waals surface area contributed by atoms with Gasteiger partial charge in [0.05, 0.1) is 12.6 Å². The monoisotopic (exact) mass is 400 g/mol. The van der Waals surface area contributed by atoms with Gasteiger partial charge in [0.1, 0.15) is 6.04 Å². The molecule has 28 heavy (non-hydrogen) atoms. The Bertz CT molecular complexity index is 524. The molecule has 0 aliphatic carbocycles. The molecule has 0 unspecified atom stereocenters. The Hall–Kier alpha value is -2.00. The van der Waals surface area contributed by atoms with Crippen LogP contribution in [-0.2, 0) is 23.9 Å². The topological polar surface area (TPSA) is 154 Å². The second-order valence-electron chi connectivity index (χ2n) is 7.45. The van der Waals surface area contributed by atoms with Gasteiger partial charge in [-0.05, 0) is 38.1 Å². The molecule has 0 radical (unpaired) electrons. The Morgan fingerprint density at radius 1 is 1.04 bits per heavy atom. The number of carbonyl (C=O) groups is 4. The Balaban J connectivity index is 5.21. The maximum Gasteiger partial charge on any atom is 0.245 e. The molecule has 3 atom stereocenters. The van der Waals surface area contributed by atoms with Crippen LogP contribution in [0.1, 0.15) is 52.9 Å². The van der Waals surface area contributed by atoms with E-state index in [9.17, 15) is 19.2 Å². The normalized spacial score (nSPS) is 14.2. The van der Waals surface area contributed by atoms with Crippen LogP contribution in [-0.4, -0.2) is 55.8 Å². The molecule has 0 aromatic heterocycles. The number of unbranched alkanes of at least 4 members (excludes halogenated alkanes) is 1. The van der Waals surface area contributed by atoms with E-state index in [0.29, 0.717) is 32.2 Å². The molecule has 0 spiro atoms. The minimum atomic E-state index is -0.907. The molecule has 3 amide bonds. The molecule has 0 aliphatic rings. The van der Waals surface area contributed by atoms with Crippen molar-refractivity contribution < 1.29 is 23.9 Å². The van der Waals surface area contributed by atoms with E-state index in [2.05, 4.69) is 10.6 Å². The van der Waals surface area contributed by atoms with Crippen molar-refractivity contribution in [3.63, 3.8) is 0 Å². The Kier molecular flexibility index (Phi) is 13.1. The van der Waals surface area contributed by atoms with E-state index in [-0.39, 0.29) is 30.6 Å². The number of amides is 3. The molecule has 0 saturated heterocycles. The number of ether oxygens (including phenoxy) is 1. The third-order valence-electron chi connectivity index (χ3n) is 4.29. The summed E-state index contributed by atoms with van der Waals surface area (Å²) < 4.78 is 4.97. The van der Waals surface area contributed by atoms with Crippen molar-refractivity contribution in [2.45, 2.75) is 65.0 Å². The SMILES string of the molecule is COC[C@H](NC(C)=O)C(=O)N[C@@H](CCCCN)C(=O)C[C@@H](CC(C)C)C(N)=O. The quantitative estimate of drug-likeness (QED) is 0.281. The Morgan fingerprint density at radius 2 is 1.68 bits per heavy atom. The van der Waals surface area contributed by atoms with E-state index in [1.54, 1.807) is 0 Å². The highest BCUT2D eigenvalue weighted by atomic mass is 16.5. The maximum absolute atomic E-state index is 12.8. The zero-order valence-electron chi connectivity index (χ0n) is 17.5. The fourth-order valence-electron chi connectivity index (χ4n) is 2.93. The molecule has 0 heterocycles. The van der Waals surface area contributed by atoms with Crippen LogP contribution in [0, 0.1) is 11.8 Å². The summed E-state index contributed by atoms with van der Waals surface area (Å²) in [5.41, 5.74) is 11.0. The van der Waals surface area contributed by atoms with Crippen LogP contribution in [0.3, 0.4) is 0 Å². The third kappa shape index (κ3) is 11.0. The third-order valence-corrected chi connectivity index (χ3v) is 4.29. The van der Waals surface area contributed by atoms with Crippen molar-refractivity contribution >= 4 is 23.5 Å². The lowest BCUT2D eigenvalue weighted by molar-refractivity contribution is -0.133. The highest BCUT2D eigenvalue weighted by Gasteiger charge is 2.29. The standard InChI is InChI=1S/C19H36N4O5/c1-12(2)9-14(18(21)26)10-17(25)15(7-5-6-8-20)23-19(27)16(11-28-4)22-13(3)24/h12,14-16H,5-11,20H2,1-4H3,(H2,21,26)(H,22,24)(H,23,27)/t14-,15+,16+/m1/s1. The zero-order valence-corrected chi connectivity index (χ0v) is 17.5. The van der Waals surface area contributed by atoms with Gasteiger partial charge in [-0.1, -0.05) is 13.8 Å². The minimum Gasteiger partial charge on any atom is -0.382 e. The number of carbonyl (C=O) groups excluding carboxylic acids is 4. The number of methoxy groups -OCH3 is 1. The highest BCUT2D eigenvalue weighted by molar-refractivity contribution is 5.94. The first kappa shape index (κ1) is 26.0. The zero-order chi connectivity index (χ0) is 21.7. The predicted octanol–water partition coefficient (Wildman–Crippen LogP) is -0.142. The summed E-state index contributed by atoms with van der Waals surface area (Å²) in [6, 6.07) is -1.68. The fraction of sp³-hybridized carbons (Fsp3) is 0.789. The second-order valence-corrected chi connectivity index (χ2v) is 7.45. The molecule has 9 nitrogen and oxygen atoms in total. The van der Waals surface area contributed by atoms with Gasteiger partial charge < -0.3 is 26.8 Å². The van der Waals surface area contributed by atoms with Crippen LogP contribution in [0.5, 0.6) is 0 Å². The average molecular weight is 401 g/mol. The van der Waals surface area contributed by atoms with Gasteiger partial charge in [0.15, 0.2) is 5.78 Å². The number of rotatable bonds is 15. The first-order chi connectivity index (χ1) is 13.1. The lowest BCUT2D eigenvalue weighted by atomic mass is 9.89. The van der Waals surface area contributed by atoms with Crippen molar-refractivity contribution in [1.82, 2.24) is 10.6 Å². The Morgan fingerprint density at radius 3 is 2.14 bits per heavy atom. The smallest absolute Gasteiger partial charge is 0.245 e. The molecule has 0 rings (SSSR count). The van der Waals surface area contributed by atoms with E-state index < -0.39 is 29.8 Å². The lowest BCUT2D eigenvalue weighted by Gasteiger charge is -2.24. The van der Waals surface area contributed by atoms with Crippen molar-refractivity contribution in [2.24, 2.45) is 23.3 Å². The van der Waals surface area contributed by atoms with Gasteiger partial charge in [0.25, 0.3) is 0 Å². The first-order valence-corrected chi connectivity index (χ1v) is 9.70. The Labute approximate surface area is 167 Å². The van der Waals surface area contributed by atoms with Crippen LogP contribution < -0.4 is 22.1 Å². The van der Waals surface area contributed by atoms with E-state index in [1.807, 2.05) is 13.8 Å². The van der Waals surface area contributed by atoms with E-state index >= 15 is 0 Å². The molecular weight excluding hydrogens is 364 g/mol. The summed E-state index contributed by atoms with van der Waals surface area (Å²) in [4.78, 5) is 48.3. The molecule has 0 fully saturated rings. The molecule has 0 aliphatic heterocycles. The number of Topliss-reactive ketones (excluding diaryl/α,β-unsaturated/α-hetero) is 1. The summed E-state index contributed by atoms with van der Waals surface area (Å²) in [5.74, 6) is -2.04. The summed E-state index contributed by atoms with van der Waals surface area (Å²) in [5, 5.41) is 5.18. The average Bonchev–Trinajstić information content (AvgIpc) is 2.59. The van der Waals surface area contributed by atoms with E-state index in [1.165, 1.54) is 14.0 Å². The van der Waals surface area contributed by atoms with Gasteiger partial charge in [0.2, 0.25) is 17.7 Å². The molecule has 9 heteroatoms. The van der Waals surface area contributed by atoms with Crippen molar-refractivity contribution in [2.75, 3.05) is 20.3 Å². The van der Waals surface area contributed by atoms with Gasteiger partial charge in [-0.2, -0.15) is 0 Å². The predicted molar refractivity (Wildman–Crippen MR) is 106 cm³/mol. The van der Waals surface area contributed by atoms with Crippen molar-refractivity contribution in [1.29, 1.82) is 0 Å². The molecule has 6 N–H and O–H groups in total. The van der Waals surface area contributed by atoms with Gasteiger partial charge in [-0.3, -0.25) is 19.2 Å². The number of hydrogen-bond acceptors (Lipinski definition) is 6. The van der Waals surface area contributed by atoms with Gasteiger partial charge in [-0.15, -0.1) is 0 Å². The molecule has 0 aromatic rings. The summed E-state index contributed by atoms with van der Waals surface area (Å²) >= 11 is 0. The highest BCUT2D eigenvalue weighted by Crippen LogP contribution is 2.17. The number of ketones is 1.